The fraction of sp³-hybridized carbons (Fsp3) is 0.250. The SMILES string of the molecule is N=C1N(CC(=O)Nc2cccc(NC(N)=O)c2)CC(Cc2ccccc2)N1CCCc1ccccc1. The van der Waals surface area contributed by atoms with Crippen molar-refractivity contribution in [3.05, 3.63) is 96.1 Å². The highest BCUT2D eigenvalue weighted by Gasteiger charge is 2.35. The van der Waals surface area contributed by atoms with Gasteiger partial charge in [0.15, 0.2) is 5.96 Å². The Morgan fingerprint density at radius 2 is 1.53 bits per heavy atom. The number of nitrogens with one attached hydrogen (secondary N) is 3. The van der Waals surface area contributed by atoms with Crippen LogP contribution in [0.5, 0.6) is 0 Å². The molecule has 3 aromatic carbocycles. The number of hydrogen-bond acceptors (Lipinski definition) is 3. The molecule has 1 atom stereocenters. The normalized spacial score (nSPS) is 15.1. The summed E-state index contributed by atoms with van der Waals surface area (Å²) in [5.74, 6) is 0.156. The maximum Gasteiger partial charge on any atom is 0.316 e. The quantitative estimate of drug-likeness (QED) is 0.349. The van der Waals surface area contributed by atoms with Crippen molar-refractivity contribution < 1.29 is 9.59 Å². The molecule has 0 aliphatic carbocycles. The predicted octanol–water partition coefficient (Wildman–Crippen LogP) is 3.91. The van der Waals surface area contributed by atoms with Crippen LogP contribution in [0.2, 0.25) is 0 Å². The molecule has 1 heterocycles. The molecular formula is C28H32N6O2. The molecule has 186 valence electrons. The first kappa shape index (κ1) is 24.8. The summed E-state index contributed by atoms with van der Waals surface area (Å²) in [5, 5.41) is 14.2. The lowest BCUT2D eigenvalue weighted by Crippen LogP contribution is -2.39. The Kier molecular flexibility index (Phi) is 8.18. The van der Waals surface area contributed by atoms with Crippen molar-refractivity contribution in [1.82, 2.24) is 9.80 Å². The Hall–Kier alpha value is -4.33. The second-order valence-corrected chi connectivity index (χ2v) is 8.95. The number of carbonyl (C=O) groups is 2. The van der Waals surface area contributed by atoms with Crippen molar-refractivity contribution in [2.24, 2.45) is 5.73 Å². The van der Waals surface area contributed by atoms with Crippen molar-refractivity contribution in [3.63, 3.8) is 0 Å². The van der Waals surface area contributed by atoms with Crippen LogP contribution >= 0.6 is 0 Å². The van der Waals surface area contributed by atoms with Crippen LogP contribution in [0.25, 0.3) is 0 Å². The number of anilines is 2. The maximum absolute atomic E-state index is 12.8. The molecule has 0 spiro atoms. The Morgan fingerprint density at radius 1 is 0.889 bits per heavy atom. The number of primary amides is 1. The summed E-state index contributed by atoms with van der Waals surface area (Å²) >= 11 is 0. The molecule has 0 bridgehead atoms. The van der Waals surface area contributed by atoms with Gasteiger partial charge in [-0.3, -0.25) is 10.2 Å². The minimum absolute atomic E-state index is 0.0762. The fourth-order valence-electron chi connectivity index (χ4n) is 4.57. The third kappa shape index (κ3) is 6.85. The molecule has 3 amide bonds. The standard InChI is InChI=1S/C28H32N6O2/c29-27(36)32-24-15-7-14-23(18-24)31-26(35)20-33-19-25(17-22-11-5-2-6-12-22)34(28(33)30)16-8-13-21-9-3-1-4-10-21/h1-7,9-12,14-15,18,25,30H,8,13,16-17,19-20H2,(H,31,35)(H3,29,32,36). The van der Waals surface area contributed by atoms with Gasteiger partial charge in [0.1, 0.15) is 6.54 Å². The number of nitrogens with zero attached hydrogens (tertiary/aromatic N) is 2. The summed E-state index contributed by atoms with van der Waals surface area (Å²) in [7, 11) is 0. The van der Waals surface area contributed by atoms with Gasteiger partial charge in [0, 0.05) is 24.5 Å². The molecule has 4 rings (SSSR count). The van der Waals surface area contributed by atoms with Gasteiger partial charge < -0.3 is 26.2 Å². The van der Waals surface area contributed by atoms with Gasteiger partial charge in [-0.05, 0) is 48.6 Å². The van der Waals surface area contributed by atoms with E-state index in [1.165, 1.54) is 11.1 Å². The van der Waals surface area contributed by atoms with Crippen molar-refractivity contribution in [2.75, 3.05) is 30.3 Å². The molecular weight excluding hydrogens is 452 g/mol. The van der Waals surface area contributed by atoms with Gasteiger partial charge in [0.05, 0.1) is 6.04 Å². The van der Waals surface area contributed by atoms with Crippen molar-refractivity contribution >= 4 is 29.3 Å². The average molecular weight is 485 g/mol. The number of guanidine groups is 1. The van der Waals surface area contributed by atoms with Gasteiger partial charge in [-0.15, -0.1) is 0 Å². The second kappa shape index (κ2) is 11.9. The maximum atomic E-state index is 12.8. The minimum atomic E-state index is -0.666. The Bertz CT molecular complexity index is 1180. The molecule has 0 radical (unpaired) electrons. The largest absolute Gasteiger partial charge is 0.351 e. The van der Waals surface area contributed by atoms with Crippen molar-refractivity contribution in [2.45, 2.75) is 25.3 Å². The third-order valence-electron chi connectivity index (χ3n) is 6.21. The van der Waals surface area contributed by atoms with E-state index in [1.54, 1.807) is 24.3 Å². The van der Waals surface area contributed by atoms with Crippen molar-refractivity contribution in [1.29, 1.82) is 5.41 Å². The van der Waals surface area contributed by atoms with E-state index in [-0.39, 0.29) is 18.5 Å². The van der Waals surface area contributed by atoms with Crippen LogP contribution in [0.15, 0.2) is 84.9 Å². The molecule has 8 heteroatoms. The molecule has 5 N–H and O–H groups in total. The van der Waals surface area contributed by atoms with Crippen LogP contribution in [0, 0.1) is 5.41 Å². The highest BCUT2D eigenvalue weighted by atomic mass is 16.2. The summed E-state index contributed by atoms with van der Waals surface area (Å²) in [6.07, 6.45) is 2.68. The predicted molar refractivity (Wildman–Crippen MR) is 143 cm³/mol. The number of aryl methyl sites for hydroxylation is 1. The molecule has 3 aromatic rings. The highest BCUT2D eigenvalue weighted by Crippen LogP contribution is 2.21. The van der Waals surface area contributed by atoms with Crippen LogP contribution in [0.4, 0.5) is 16.2 Å². The number of hydrogen-bond donors (Lipinski definition) is 4. The Balaban J connectivity index is 1.39. The van der Waals surface area contributed by atoms with Crippen LogP contribution in [0.1, 0.15) is 17.5 Å². The van der Waals surface area contributed by atoms with Gasteiger partial charge in [0.25, 0.3) is 0 Å². The average Bonchev–Trinajstić information content (AvgIpc) is 3.14. The summed E-state index contributed by atoms with van der Waals surface area (Å²) in [4.78, 5) is 27.9. The number of carbonyl (C=O) groups excluding carboxylic acids is 2. The first-order chi connectivity index (χ1) is 17.5. The summed E-state index contributed by atoms with van der Waals surface area (Å²) in [5.41, 5.74) is 8.73. The number of urea groups is 1. The van der Waals surface area contributed by atoms with E-state index >= 15 is 0 Å². The second-order valence-electron chi connectivity index (χ2n) is 8.95. The molecule has 8 nitrogen and oxygen atoms in total. The number of nitrogens with two attached hydrogens (primary N) is 1. The van der Waals surface area contributed by atoms with Gasteiger partial charge in [-0.2, -0.15) is 0 Å². The zero-order chi connectivity index (χ0) is 25.3. The van der Waals surface area contributed by atoms with Gasteiger partial charge in [-0.1, -0.05) is 66.7 Å². The third-order valence-corrected chi connectivity index (χ3v) is 6.21. The lowest BCUT2D eigenvalue weighted by molar-refractivity contribution is -0.116. The first-order valence-corrected chi connectivity index (χ1v) is 12.1. The highest BCUT2D eigenvalue weighted by molar-refractivity contribution is 5.96. The van der Waals surface area contributed by atoms with E-state index in [1.807, 2.05) is 41.3 Å². The van der Waals surface area contributed by atoms with Gasteiger partial charge in [0.2, 0.25) is 5.91 Å². The minimum Gasteiger partial charge on any atom is -0.351 e. The first-order valence-electron chi connectivity index (χ1n) is 12.1. The van der Waals surface area contributed by atoms with E-state index in [2.05, 4.69) is 39.8 Å². The smallest absolute Gasteiger partial charge is 0.316 e. The summed E-state index contributed by atoms with van der Waals surface area (Å²) in [6, 6.07) is 26.9. The van der Waals surface area contributed by atoms with Crippen LogP contribution < -0.4 is 16.4 Å². The molecule has 0 saturated carbocycles. The molecule has 0 aromatic heterocycles. The van der Waals surface area contributed by atoms with Crippen LogP contribution in [0.3, 0.4) is 0 Å². The number of benzene rings is 3. The van der Waals surface area contributed by atoms with Crippen LogP contribution in [-0.2, 0) is 17.6 Å². The molecule has 36 heavy (non-hydrogen) atoms. The lowest BCUT2D eigenvalue weighted by Gasteiger charge is -2.25. The summed E-state index contributed by atoms with van der Waals surface area (Å²) < 4.78 is 0. The van der Waals surface area contributed by atoms with E-state index in [0.717, 1.165) is 25.8 Å². The van der Waals surface area contributed by atoms with E-state index in [4.69, 9.17) is 11.1 Å². The van der Waals surface area contributed by atoms with E-state index in [0.29, 0.717) is 23.9 Å². The molecule has 1 fully saturated rings. The lowest BCUT2D eigenvalue weighted by atomic mass is 10.0. The van der Waals surface area contributed by atoms with Gasteiger partial charge >= 0.3 is 6.03 Å². The zero-order valence-electron chi connectivity index (χ0n) is 20.2. The van der Waals surface area contributed by atoms with E-state index in [9.17, 15) is 9.59 Å². The summed E-state index contributed by atoms with van der Waals surface area (Å²) in [6.45, 7) is 1.44. The zero-order valence-corrected chi connectivity index (χ0v) is 20.2. The molecule has 1 unspecified atom stereocenters. The number of amides is 3. The molecule has 1 aliphatic heterocycles. The fourth-order valence-corrected chi connectivity index (χ4v) is 4.57. The Labute approximate surface area is 211 Å². The molecule has 1 saturated heterocycles. The monoisotopic (exact) mass is 484 g/mol. The Morgan fingerprint density at radius 3 is 2.19 bits per heavy atom. The number of rotatable bonds is 10. The molecule has 1 aliphatic rings. The van der Waals surface area contributed by atoms with Crippen LogP contribution in [-0.4, -0.2) is 53.4 Å². The van der Waals surface area contributed by atoms with E-state index < -0.39 is 6.03 Å². The van der Waals surface area contributed by atoms with Crippen molar-refractivity contribution in [3.8, 4) is 0 Å². The topological polar surface area (TPSA) is 115 Å². The van der Waals surface area contributed by atoms with Gasteiger partial charge in [-0.25, -0.2) is 4.79 Å².